The van der Waals surface area contributed by atoms with Gasteiger partial charge in [0, 0.05) is 67.2 Å². The molecule has 40 heavy (non-hydrogen) atoms. The van der Waals surface area contributed by atoms with Crippen LogP contribution in [0.25, 0.3) is 55.7 Å². The molecule has 202 valence electrons. The molecule has 0 saturated heterocycles. The topological polar surface area (TPSA) is 98.8 Å². The van der Waals surface area contributed by atoms with Crippen LogP contribution in [0.1, 0.15) is 0 Å². The zero-order valence-corrected chi connectivity index (χ0v) is 22.7. The van der Waals surface area contributed by atoms with Gasteiger partial charge < -0.3 is 19.5 Å². The summed E-state index contributed by atoms with van der Waals surface area (Å²) in [5.74, 6) is 0.132. The van der Waals surface area contributed by atoms with Crippen molar-refractivity contribution in [3.63, 3.8) is 0 Å². The summed E-state index contributed by atoms with van der Waals surface area (Å²) in [7, 11) is 7.91. The Labute approximate surface area is 230 Å². The number of nitrogens with zero attached hydrogens (tertiary/aromatic N) is 6. The van der Waals surface area contributed by atoms with Crippen LogP contribution in [0.3, 0.4) is 0 Å². The molecule has 1 aromatic carbocycles. The highest BCUT2D eigenvalue weighted by Crippen LogP contribution is 2.35. The maximum Gasteiger partial charge on any atom is 0.181 e. The van der Waals surface area contributed by atoms with E-state index in [9.17, 15) is 4.39 Å². The fourth-order valence-electron chi connectivity index (χ4n) is 4.65. The number of aromatic amines is 2. The van der Waals surface area contributed by atoms with E-state index in [1.165, 1.54) is 12.1 Å². The van der Waals surface area contributed by atoms with Crippen molar-refractivity contribution < 1.29 is 9.13 Å². The molecule has 0 bridgehead atoms. The van der Waals surface area contributed by atoms with E-state index in [1.807, 2.05) is 68.6 Å². The lowest BCUT2D eigenvalue weighted by atomic mass is 10.0. The first kappa shape index (κ1) is 25.4. The van der Waals surface area contributed by atoms with Crippen LogP contribution in [-0.4, -0.2) is 76.4 Å². The number of rotatable bonds is 8. The number of hydrogen-bond donors (Lipinski definition) is 2. The van der Waals surface area contributed by atoms with Gasteiger partial charge in [0.15, 0.2) is 5.65 Å². The van der Waals surface area contributed by atoms with Gasteiger partial charge in [-0.15, -0.1) is 0 Å². The Hall–Kier alpha value is -4.83. The predicted molar refractivity (Wildman–Crippen MR) is 156 cm³/mol. The van der Waals surface area contributed by atoms with E-state index in [0.29, 0.717) is 29.2 Å². The second kappa shape index (κ2) is 10.4. The summed E-state index contributed by atoms with van der Waals surface area (Å²) in [6.07, 6.45) is 7.17. The molecule has 0 radical (unpaired) electrons. The number of nitrogens with one attached hydrogen (secondary N) is 2. The van der Waals surface area contributed by atoms with Crippen molar-refractivity contribution in [2.24, 2.45) is 0 Å². The second-order valence-corrected chi connectivity index (χ2v) is 10.2. The Balaban J connectivity index is 1.39. The molecule has 6 rings (SSSR count). The van der Waals surface area contributed by atoms with Crippen LogP contribution in [0.2, 0.25) is 0 Å². The van der Waals surface area contributed by atoms with Gasteiger partial charge in [-0.2, -0.15) is 5.10 Å². The molecule has 0 spiro atoms. The molecular weight excluding hydrogens is 507 g/mol. The van der Waals surface area contributed by atoms with E-state index >= 15 is 0 Å². The zero-order valence-electron chi connectivity index (χ0n) is 22.7. The van der Waals surface area contributed by atoms with Gasteiger partial charge in [0.25, 0.3) is 0 Å². The summed E-state index contributed by atoms with van der Waals surface area (Å²) in [6, 6.07) is 12.8. The molecule has 0 unspecified atom stereocenters. The summed E-state index contributed by atoms with van der Waals surface area (Å²) in [5, 5.41) is 9.27. The number of ether oxygens (including phenoxy) is 1. The molecule has 2 N–H and O–H groups in total. The van der Waals surface area contributed by atoms with Gasteiger partial charge in [-0.25, -0.2) is 14.4 Å². The molecule has 0 aliphatic carbocycles. The SMILES string of the molecule is CN(C)CCOc1cc(F)cc(-c2ccnc3[nH]c(-c4[nH]nc5ncc(-c6cncc(N(C)C)c6)cc45)cc23)c1. The highest BCUT2D eigenvalue weighted by atomic mass is 19.1. The van der Waals surface area contributed by atoms with E-state index < -0.39 is 0 Å². The Bertz CT molecular complexity index is 1820. The summed E-state index contributed by atoms with van der Waals surface area (Å²) >= 11 is 0. The van der Waals surface area contributed by atoms with Gasteiger partial charge in [-0.1, -0.05) is 0 Å². The average molecular weight is 537 g/mol. The maximum absolute atomic E-state index is 14.6. The Morgan fingerprint density at radius 1 is 0.875 bits per heavy atom. The number of fused-ring (bicyclic) bond motifs is 2. The van der Waals surface area contributed by atoms with Crippen molar-refractivity contribution >= 4 is 27.8 Å². The molecule has 5 heterocycles. The molecule has 10 heteroatoms. The van der Waals surface area contributed by atoms with E-state index in [-0.39, 0.29) is 5.82 Å². The van der Waals surface area contributed by atoms with E-state index in [0.717, 1.165) is 51.1 Å². The van der Waals surface area contributed by atoms with Gasteiger partial charge in [-0.05, 0) is 61.6 Å². The lowest BCUT2D eigenvalue weighted by Gasteiger charge is -2.12. The highest BCUT2D eigenvalue weighted by molar-refractivity contribution is 6.00. The summed E-state index contributed by atoms with van der Waals surface area (Å²) < 4.78 is 20.4. The number of aromatic nitrogens is 6. The van der Waals surface area contributed by atoms with Crippen LogP contribution in [0.5, 0.6) is 5.75 Å². The minimum absolute atomic E-state index is 0.357. The minimum Gasteiger partial charge on any atom is -0.492 e. The van der Waals surface area contributed by atoms with Crippen molar-refractivity contribution in [3.8, 4) is 39.4 Å². The lowest BCUT2D eigenvalue weighted by Crippen LogP contribution is -2.19. The second-order valence-electron chi connectivity index (χ2n) is 10.2. The van der Waals surface area contributed by atoms with Gasteiger partial charge in [0.1, 0.15) is 23.8 Å². The minimum atomic E-state index is -0.357. The van der Waals surface area contributed by atoms with Gasteiger partial charge in [-0.3, -0.25) is 10.1 Å². The number of likely N-dealkylation sites (N-methyl/N-ethyl adjacent to an activating group) is 1. The number of benzene rings is 1. The zero-order chi connectivity index (χ0) is 27.8. The van der Waals surface area contributed by atoms with Gasteiger partial charge in [0.2, 0.25) is 0 Å². The number of pyridine rings is 3. The van der Waals surface area contributed by atoms with Crippen LogP contribution in [0, 0.1) is 5.82 Å². The van der Waals surface area contributed by atoms with Gasteiger partial charge in [0.05, 0.1) is 23.3 Å². The maximum atomic E-state index is 14.6. The molecule has 0 atom stereocenters. The Kier molecular flexibility index (Phi) is 6.61. The molecule has 5 aromatic heterocycles. The monoisotopic (exact) mass is 536 g/mol. The largest absolute Gasteiger partial charge is 0.492 e. The third-order valence-corrected chi connectivity index (χ3v) is 6.77. The molecule has 9 nitrogen and oxygen atoms in total. The molecule has 0 amide bonds. The fraction of sp³-hybridized carbons (Fsp3) is 0.200. The Morgan fingerprint density at radius 3 is 2.55 bits per heavy atom. The average Bonchev–Trinajstić information content (AvgIpc) is 3.56. The van der Waals surface area contributed by atoms with E-state index in [4.69, 9.17) is 4.74 Å². The normalized spacial score (nSPS) is 11.6. The van der Waals surface area contributed by atoms with Crippen LogP contribution in [0.15, 0.2) is 67.3 Å². The molecular formula is C30H29FN8O. The first-order valence-corrected chi connectivity index (χ1v) is 12.9. The number of halogens is 1. The van der Waals surface area contributed by atoms with Crippen molar-refractivity contribution in [1.29, 1.82) is 0 Å². The highest BCUT2D eigenvalue weighted by Gasteiger charge is 2.16. The van der Waals surface area contributed by atoms with Crippen molar-refractivity contribution in [1.82, 2.24) is 35.0 Å². The molecule has 0 aliphatic rings. The first-order valence-electron chi connectivity index (χ1n) is 12.9. The lowest BCUT2D eigenvalue weighted by molar-refractivity contribution is 0.260. The molecule has 0 saturated carbocycles. The standard InChI is InChI=1S/C30H29FN8O/c1-38(2)7-8-40-23-11-18(9-21(31)13-23)24-5-6-33-29-25(24)14-27(35-29)28-26-12-20(16-34-30(26)37-36-28)19-10-22(39(3)4)17-32-15-19/h5-6,9-17H,7-8H2,1-4H3,(H,33,35)(H,34,36,37). The van der Waals surface area contributed by atoms with Crippen LogP contribution in [-0.2, 0) is 0 Å². The van der Waals surface area contributed by atoms with Crippen molar-refractivity contribution in [2.45, 2.75) is 0 Å². The fourth-order valence-corrected chi connectivity index (χ4v) is 4.65. The van der Waals surface area contributed by atoms with Crippen LogP contribution >= 0.6 is 0 Å². The number of anilines is 1. The summed E-state index contributed by atoms with van der Waals surface area (Å²) in [4.78, 5) is 20.9. The van der Waals surface area contributed by atoms with Crippen LogP contribution < -0.4 is 9.64 Å². The van der Waals surface area contributed by atoms with Crippen LogP contribution in [0.4, 0.5) is 10.1 Å². The molecule has 0 fully saturated rings. The quantitative estimate of drug-likeness (QED) is 0.270. The summed E-state index contributed by atoms with van der Waals surface area (Å²) in [5.41, 5.74) is 7.33. The number of H-pyrrole nitrogens is 2. The Morgan fingerprint density at radius 2 is 1.73 bits per heavy atom. The third-order valence-electron chi connectivity index (χ3n) is 6.77. The molecule has 0 aliphatic heterocycles. The smallest absolute Gasteiger partial charge is 0.181 e. The number of hydrogen-bond acceptors (Lipinski definition) is 7. The molecule has 6 aromatic rings. The van der Waals surface area contributed by atoms with Crippen molar-refractivity contribution in [3.05, 3.63) is 73.1 Å². The van der Waals surface area contributed by atoms with E-state index in [2.05, 4.69) is 42.3 Å². The van der Waals surface area contributed by atoms with Gasteiger partial charge >= 0.3 is 0 Å². The first-order chi connectivity index (χ1) is 19.4. The summed E-state index contributed by atoms with van der Waals surface area (Å²) in [6.45, 7) is 1.20. The van der Waals surface area contributed by atoms with Crippen molar-refractivity contribution in [2.75, 3.05) is 46.2 Å². The predicted octanol–water partition coefficient (Wildman–Crippen LogP) is 5.38. The van der Waals surface area contributed by atoms with E-state index in [1.54, 1.807) is 12.4 Å². The third kappa shape index (κ3) is 4.96.